The van der Waals surface area contributed by atoms with Crippen LogP contribution in [0.3, 0.4) is 0 Å². The lowest BCUT2D eigenvalue weighted by atomic mass is 10.1. The van der Waals surface area contributed by atoms with Gasteiger partial charge in [0, 0.05) is 10.5 Å². The topological polar surface area (TPSA) is 17.1 Å². The third kappa shape index (κ3) is 3.48. The fourth-order valence-corrected chi connectivity index (χ4v) is 3.04. The Balaban J connectivity index is 2.13. The molecule has 0 saturated heterocycles. The molecule has 0 aromatic heterocycles. The Morgan fingerprint density at radius 1 is 1.10 bits per heavy atom. The zero-order valence-corrected chi connectivity index (χ0v) is 12.6. The average molecular weight is 288 g/mol. The second-order valence-corrected chi connectivity index (χ2v) is 6.28. The van der Waals surface area contributed by atoms with Crippen LogP contribution in [0.4, 0.5) is 4.39 Å². The Morgan fingerprint density at radius 3 is 2.35 bits per heavy atom. The first-order valence-electron chi connectivity index (χ1n) is 6.51. The monoisotopic (exact) mass is 288 g/mol. The Kier molecular flexibility index (Phi) is 4.61. The summed E-state index contributed by atoms with van der Waals surface area (Å²) in [7, 11) is 0. The van der Waals surface area contributed by atoms with Crippen molar-refractivity contribution in [3.05, 3.63) is 65.0 Å². The molecule has 1 unspecified atom stereocenters. The molecule has 0 amide bonds. The number of halogens is 1. The summed E-state index contributed by atoms with van der Waals surface area (Å²) in [5, 5.41) is -0.193. The van der Waals surface area contributed by atoms with Crippen molar-refractivity contribution in [2.24, 2.45) is 0 Å². The van der Waals surface area contributed by atoms with Crippen LogP contribution in [0.5, 0.6) is 0 Å². The van der Waals surface area contributed by atoms with E-state index in [1.165, 1.54) is 35.4 Å². The van der Waals surface area contributed by atoms with Crippen LogP contribution < -0.4 is 0 Å². The Bertz CT molecular complexity index is 619. The molecule has 1 atom stereocenters. The summed E-state index contributed by atoms with van der Waals surface area (Å²) in [6.45, 7) is 5.98. The Labute approximate surface area is 123 Å². The minimum absolute atomic E-state index is 0.0231. The maximum absolute atomic E-state index is 12.9. The number of hydrogen-bond acceptors (Lipinski definition) is 2. The number of hydrogen-bond donors (Lipinski definition) is 0. The van der Waals surface area contributed by atoms with Crippen molar-refractivity contribution in [2.75, 3.05) is 0 Å². The first-order chi connectivity index (χ1) is 9.47. The fourth-order valence-electron chi connectivity index (χ4n) is 2.02. The van der Waals surface area contributed by atoms with E-state index in [1.807, 2.05) is 26.0 Å². The number of rotatable bonds is 4. The van der Waals surface area contributed by atoms with Crippen LogP contribution >= 0.6 is 11.8 Å². The van der Waals surface area contributed by atoms with Crippen LogP contribution in [0.25, 0.3) is 0 Å². The van der Waals surface area contributed by atoms with Crippen molar-refractivity contribution < 1.29 is 9.18 Å². The second-order valence-electron chi connectivity index (χ2n) is 4.90. The molecule has 0 radical (unpaired) electrons. The van der Waals surface area contributed by atoms with E-state index < -0.39 is 0 Å². The number of carbonyl (C=O) groups excluding carboxylic acids is 1. The van der Waals surface area contributed by atoms with Gasteiger partial charge in [-0.25, -0.2) is 4.39 Å². The molecule has 0 bridgehead atoms. The summed E-state index contributed by atoms with van der Waals surface area (Å²) in [6, 6.07) is 11.9. The predicted molar refractivity (Wildman–Crippen MR) is 82.0 cm³/mol. The number of Topliss-reactive ketones (excluding diaryl/α,β-unsaturated/α-hetero) is 1. The number of carbonyl (C=O) groups is 1. The molecule has 2 aromatic carbocycles. The third-order valence-corrected chi connectivity index (χ3v) is 4.41. The van der Waals surface area contributed by atoms with E-state index in [0.29, 0.717) is 5.56 Å². The molecule has 0 heterocycles. The van der Waals surface area contributed by atoms with Crippen molar-refractivity contribution >= 4 is 17.5 Å². The summed E-state index contributed by atoms with van der Waals surface area (Å²) in [4.78, 5) is 13.4. The SMILES string of the molecule is Cc1ccc(SC(C)C(=O)c2ccc(F)cc2)c(C)c1. The first kappa shape index (κ1) is 14.8. The molecule has 0 spiro atoms. The van der Waals surface area contributed by atoms with Crippen molar-refractivity contribution in [3.8, 4) is 0 Å². The molecule has 2 aromatic rings. The Morgan fingerprint density at radius 2 is 1.75 bits per heavy atom. The van der Waals surface area contributed by atoms with E-state index in [1.54, 1.807) is 11.8 Å². The molecular formula is C17H17FOS. The molecule has 1 nitrogen and oxygen atoms in total. The van der Waals surface area contributed by atoms with Crippen LogP contribution in [0, 0.1) is 19.7 Å². The number of ketones is 1. The largest absolute Gasteiger partial charge is 0.293 e. The Hall–Kier alpha value is -1.61. The number of aryl methyl sites for hydroxylation is 2. The lowest BCUT2D eigenvalue weighted by Crippen LogP contribution is -2.13. The minimum atomic E-state index is -0.323. The lowest BCUT2D eigenvalue weighted by molar-refractivity contribution is 0.0994. The van der Waals surface area contributed by atoms with Crippen LogP contribution in [-0.2, 0) is 0 Å². The molecule has 2 rings (SSSR count). The maximum Gasteiger partial charge on any atom is 0.175 e. The predicted octanol–water partition coefficient (Wildman–Crippen LogP) is 4.81. The molecule has 0 aliphatic heterocycles. The van der Waals surface area contributed by atoms with Crippen LogP contribution in [0.15, 0.2) is 47.4 Å². The highest BCUT2D eigenvalue weighted by Crippen LogP contribution is 2.29. The number of thioether (sulfide) groups is 1. The van der Waals surface area contributed by atoms with E-state index in [9.17, 15) is 9.18 Å². The zero-order valence-electron chi connectivity index (χ0n) is 11.8. The summed E-state index contributed by atoms with van der Waals surface area (Å²) >= 11 is 1.54. The molecule has 20 heavy (non-hydrogen) atoms. The van der Waals surface area contributed by atoms with Gasteiger partial charge in [0.05, 0.1) is 5.25 Å². The standard InChI is InChI=1S/C17H17FOS/c1-11-4-9-16(12(2)10-11)20-13(3)17(19)14-5-7-15(18)8-6-14/h4-10,13H,1-3H3. The van der Waals surface area contributed by atoms with Crippen molar-refractivity contribution in [3.63, 3.8) is 0 Å². The summed E-state index contributed by atoms with van der Waals surface area (Å²) in [6.07, 6.45) is 0. The molecule has 0 aliphatic carbocycles. The molecule has 3 heteroatoms. The van der Waals surface area contributed by atoms with Crippen molar-refractivity contribution in [2.45, 2.75) is 30.9 Å². The highest BCUT2D eigenvalue weighted by atomic mass is 32.2. The van der Waals surface area contributed by atoms with E-state index in [0.717, 1.165) is 4.90 Å². The van der Waals surface area contributed by atoms with Gasteiger partial charge in [-0.05, 0) is 56.7 Å². The van der Waals surface area contributed by atoms with Gasteiger partial charge >= 0.3 is 0 Å². The van der Waals surface area contributed by atoms with Gasteiger partial charge < -0.3 is 0 Å². The van der Waals surface area contributed by atoms with Gasteiger partial charge in [0.2, 0.25) is 0 Å². The van der Waals surface area contributed by atoms with E-state index >= 15 is 0 Å². The fraction of sp³-hybridized carbons (Fsp3) is 0.235. The summed E-state index contributed by atoms with van der Waals surface area (Å²) in [5.74, 6) is -0.300. The zero-order chi connectivity index (χ0) is 14.7. The second kappa shape index (κ2) is 6.23. The molecule has 0 saturated carbocycles. The van der Waals surface area contributed by atoms with Gasteiger partial charge in [0.1, 0.15) is 5.82 Å². The van der Waals surface area contributed by atoms with Crippen LogP contribution in [0.1, 0.15) is 28.4 Å². The van der Waals surface area contributed by atoms with Crippen LogP contribution in [0.2, 0.25) is 0 Å². The molecule has 0 fully saturated rings. The highest BCUT2D eigenvalue weighted by Gasteiger charge is 2.17. The van der Waals surface area contributed by atoms with Crippen molar-refractivity contribution in [1.82, 2.24) is 0 Å². The van der Waals surface area contributed by atoms with E-state index in [4.69, 9.17) is 0 Å². The third-order valence-electron chi connectivity index (χ3n) is 3.13. The normalized spacial score (nSPS) is 12.2. The van der Waals surface area contributed by atoms with E-state index in [2.05, 4.69) is 13.0 Å². The van der Waals surface area contributed by atoms with Gasteiger partial charge in [-0.1, -0.05) is 17.7 Å². The molecule has 0 aliphatic rings. The van der Waals surface area contributed by atoms with Gasteiger partial charge in [0.15, 0.2) is 5.78 Å². The van der Waals surface area contributed by atoms with Gasteiger partial charge in [-0.2, -0.15) is 0 Å². The van der Waals surface area contributed by atoms with E-state index in [-0.39, 0.29) is 16.9 Å². The molecule has 104 valence electrons. The van der Waals surface area contributed by atoms with Crippen molar-refractivity contribution in [1.29, 1.82) is 0 Å². The van der Waals surface area contributed by atoms with Crippen LogP contribution in [-0.4, -0.2) is 11.0 Å². The minimum Gasteiger partial charge on any atom is -0.293 e. The smallest absolute Gasteiger partial charge is 0.175 e. The summed E-state index contributed by atoms with van der Waals surface area (Å²) in [5.41, 5.74) is 2.94. The van der Waals surface area contributed by atoms with Gasteiger partial charge in [-0.3, -0.25) is 4.79 Å². The lowest BCUT2D eigenvalue weighted by Gasteiger charge is -2.12. The summed E-state index contributed by atoms with van der Waals surface area (Å²) < 4.78 is 12.9. The molecular weight excluding hydrogens is 271 g/mol. The first-order valence-corrected chi connectivity index (χ1v) is 7.39. The maximum atomic E-state index is 12.9. The average Bonchev–Trinajstić information content (AvgIpc) is 2.42. The quantitative estimate of drug-likeness (QED) is 0.593. The van der Waals surface area contributed by atoms with Gasteiger partial charge in [0.25, 0.3) is 0 Å². The van der Waals surface area contributed by atoms with Gasteiger partial charge in [-0.15, -0.1) is 11.8 Å². The number of benzene rings is 2. The highest BCUT2D eigenvalue weighted by molar-refractivity contribution is 8.00. The molecule has 0 N–H and O–H groups in total.